The second-order valence-electron chi connectivity index (χ2n) is 7.33. The van der Waals surface area contributed by atoms with Crippen molar-refractivity contribution in [2.24, 2.45) is 11.7 Å². The van der Waals surface area contributed by atoms with Gasteiger partial charge in [0.1, 0.15) is 17.5 Å². The van der Waals surface area contributed by atoms with Crippen LogP contribution in [0.5, 0.6) is 0 Å². The normalized spacial score (nSPS) is 10.7. The van der Waals surface area contributed by atoms with Crippen LogP contribution in [0, 0.1) is 17.6 Å². The number of nitrogens with one attached hydrogen (secondary N) is 2. The molecule has 0 saturated carbocycles. The molecule has 0 atom stereocenters. The molecule has 0 unspecified atom stereocenters. The molecule has 3 aromatic rings. The number of pyridine rings is 1. The Morgan fingerprint density at radius 3 is 2.26 bits per heavy atom. The monoisotopic (exact) mass is 424 g/mol. The van der Waals surface area contributed by atoms with Crippen LogP contribution in [0.2, 0.25) is 0 Å². The van der Waals surface area contributed by atoms with Crippen molar-refractivity contribution in [1.29, 1.82) is 0 Å². The van der Waals surface area contributed by atoms with E-state index < -0.39 is 17.5 Å². The maximum atomic E-state index is 13.4. The number of carbonyl (C=O) groups excluding carboxylic acids is 2. The summed E-state index contributed by atoms with van der Waals surface area (Å²) >= 11 is 0. The number of anilines is 3. The van der Waals surface area contributed by atoms with Gasteiger partial charge >= 0.3 is 0 Å². The Morgan fingerprint density at radius 1 is 1.03 bits per heavy atom. The molecule has 8 heteroatoms. The van der Waals surface area contributed by atoms with Crippen LogP contribution in [0.15, 0.2) is 54.7 Å². The van der Waals surface area contributed by atoms with Crippen LogP contribution in [0.1, 0.15) is 40.1 Å². The third-order valence-electron chi connectivity index (χ3n) is 4.54. The average Bonchev–Trinajstić information content (AvgIpc) is 2.71. The summed E-state index contributed by atoms with van der Waals surface area (Å²) in [5.41, 5.74) is 7.58. The number of halogens is 2. The second-order valence-corrected chi connectivity index (χ2v) is 7.33. The van der Waals surface area contributed by atoms with E-state index in [0.29, 0.717) is 28.3 Å². The van der Waals surface area contributed by atoms with E-state index in [9.17, 15) is 18.4 Å². The molecule has 4 N–H and O–H groups in total. The minimum absolute atomic E-state index is 0.0516. The van der Waals surface area contributed by atoms with E-state index in [1.54, 1.807) is 30.3 Å². The smallest absolute Gasteiger partial charge is 0.252 e. The van der Waals surface area contributed by atoms with Crippen LogP contribution in [-0.2, 0) is 6.54 Å². The molecular weight excluding hydrogens is 402 g/mol. The van der Waals surface area contributed by atoms with Crippen molar-refractivity contribution < 1.29 is 18.4 Å². The van der Waals surface area contributed by atoms with Gasteiger partial charge in [0, 0.05) is 42.0 Å². The molecule has 0 radical (unpaired) electrons. The first-order valence-corrected chi connectivity index (χ1v) is 9.63. The Kier molecular flexibility index (Phi) is 6.59. The van der Waals surface area contributed by atoms with Crippen molar-refractivity contribution in [1.82, 2.24) is 4.98 Å². The molecule has 0 aliphatic heterocycles. The molecule has 0 spiro atoms. The summed E-state index contributed by atoms with van der Waals surface area (Å²) in [4.78, 5) is 28.0. The molecule has 3 rings (SSSR count). The second kappa shape index (κ2) is 9.34. The third kappa shape index (κ3) is 5.63. The fourth-order valence-electron chi connectivity index (χ4n) is 2.98. The zero-order valence-electron chi connectivity index (χ0n) is 17.1. The minimum atomic E-state index is -0.691. The number of amides is 1. The molecule has 6 nitrogen and oxygen atoms in total. The molecular formula is C23H22F2N4O2. The quantitative estimate of drug-likeness (QED) is 0.457. The van der Waals surface area contributed by atoms with Gasteiger partial charge in [0.05, 0.1) is 11.3 Å². The zero-order valence-corrected chi connectivity index (χ0v) is 17.1. The number of hydrogen-bond donors (Lipinski definition) is 3. The Labute approximate surface area is 178 Å². The van der Waals surface area contributed by atoms with Crippen LogP contribution in [0.25, 0.3) is 0 Å². The van der Waals surface area contributed by atoms with Gasteiger partial charge in [-0.05, 0) is 42.0 Å². The van der Waals surface area contributed by atoms with Gasteiger partial charge in [-0.3, -0.25) is 9.59 Å². The number of benzene rings is 2. The Hall–Kier alpha value is -3.81. The minimum Gasteiger partial charge on any atom is -0.380 e. The van der Waals surface area contributed by atoms with Gasteiger partial charge in [0.2, 0.25) is 0 Å². The lowest BCUT2D eigenvalue weighted by Gasteiger charge is -2.13. The van der Waals surface area contributed by atoms with E-state index in [0.717, 1.165) is 6.07 Å². The number of hydrogen-bond acceptors (Lipinski definition) is 5. The highest BCUT2D eigenvalue weighted by Crippen LogP contribution is 2.23. The van der Waals surface area contributed by atoms with Gasteiger partial charge < -0.3 is 16.4 Å². The van der Waals surface area contributed by atoms with E-state index >= 15 is 0 Å². The summed E-state index contributed by atoms with van der Waals surface area (Å²) in [7, 11) is 0. The lowest BCUT2D eigenvalue weighted by atomic mass is 10.0. The van der Waals surface area contributed by atoms with Crippen molar-refractivity contribution in [2.75, 3.05) is 10.6 Å². The van der Waals surface area contributed by atoms with E-state index in [4.69, 9.17) is 5.73 Å². The highest BCUT2D eigenvalue weighted by atomic mass is 19.1. The number of carbonyl (C=O) groups is 2. The number of nitrogens with two attached hydrogens (primary N) is 1. The summed E-state index contributed by atoms with van der Waals surface area (Å²) in [5.74, 6) is -1.70. The van der Waals surface area contributed by atoms with Gasteiger partial charge in [-0.15, -0.1) is 0 Å². The van der Waals surface area contributed by atoms with Crippen LogP contribution >= 0.6 is 0 Å². The SMILES string of the molecule is CC(C)C(=O)c1ccc(Nc2cc(NCc3cc(F)cc(F)c3)c(C(N)=O)cn2)cc1. The number of Topliss-reactive ketones (excluding diaryl/α,β-unsaturated/α-hetero) is 1. The Morgan fingerprint density at radius 2 is 1.68 bits per heavy atom. The van der Waals surface area contributed by atoms with Crippen molar-refractivity contribution in [2.45, 2.75) is 20.4 Å². The molecule has 0 aliphatic rings. The van der Waals surface area contributed by atoms with Crippen LogP contribution in [0.3, 0.4) is 0 Å². The third-order valence-corrected chi connectivity index (χ3v) is 4.54. The fraction of sp³-hybridized carbons (Fsp3) is 0.174. The summed E-state index contributed by atoms with van der Waals surface area (Å²) in [6.07, 6.45) is 1.32. The zero-order chi connectivity index (χ0) is 22.5. The van der Waals surface area contributed by atoms with E-state index in [-0.39, 0.29) is 23.8 Å². The number of rotatable bonds is 8. The number of ketones is 1. The first kappa shape index (κ1) is 21.9. The standard InChI is InChI=1S/C23H22F2N4O2/c1-13(2)22(30)15-3-5-18(6-4-15)29-21-10-20(19(12-28-21)23(26)31)27-11-14-7-16(24)9-17(25)8-14/h3-10,12-13H,11H2,1-2H3,(H2,26,31)(H2,27,28,29). The average molecular weight is 424 g/mol. The van der Waals surface area contributed by atoms with Crippen molar-refractivity contribution >= 4 is 28.9 Å². The summed E-state index contributed by atoms with van der Waals surface area (Å²) in [6.45, 7) is 3.75. The van der Waals surface area contributed by atoms with Gasteiger partial charge in [-0.1, -0.05) is 13.8 Å². The molecule has 0 aliphatic carbocycles. The van der Waals surface area contributed by atoms with Crippen molar-refractivity contribution in [3.05, 3.63) is 83.1 Å². The summed E-state index contributed by atoms with van der Waals surface area (Å²) in [6, 6.07) is 11.7. The van der Waals surface area contributed by atoms with Crippen molar-refractivity contribution in [3.8, 4) is 0 Å². The predicted molar refractivity (Wildman–Crippen MR) is 115 cm³/mol. The molecule has 0 saturated heterocycles. The number of nitrogens with zero attached hydrogens (tertiary/aromatic N) is 1. The van der Waals surface area contributed by atoms with Crippen LogP contribution in [-0.4, -0.2) is 16.7 Å². The molecule has 1 heterocycles. The topological polar surface area (TPSA) is 97.1 Å². The highest BCUT2D eigenvalue weighted by Gasteiger charge is 2.12. The maximum Gasteiger partial charge on any atom is 0.252 e. The van der Waals surface area contributed by atoms with Gasteiger partial charge in [-0.2, -0.15) is 0 Å². The molecule has 0 fully saturated rings. The molecule has 31 heavy (non-hydrogen) atoms. The van der Waals surface area contributed by atoms with Crippen LogP contribution < -0.4 is 16.4 Å². The van der Waals surface area contributed by atoms with Gasteiger partial charge in [0.25, 0.3) is 5.91 Å². The van der Waals surface area contributed by atoms with E-state index in [1.165, 1.54) is 18.3 Å². The largest absolute Gasteiger partial charge is 0.380 e. The van der Waals surface area contributed by atoms with E-state index in [1.807, 2.05) is 13.8 Å². The van der Waals surface area contributed by atoms with E-state index in [2.05, 4.69) is 15.6 Å². The predicted octanol–water partition coefficient (Wildman–Crippen LogP) is 4.65. The number of aromatic nitrogens is 1. The summed E-state index contributed by atoms with van der Waals surface area (Å²) in [5, 5.41) is 6.06. The summed E-state index contributed by atoms with van der Waals surface area (Å²) < 4.78 is 26.8. The molecule has 1 amide bonds. The molecule has 2 aromatic carbocycles. The lowest BCUT2D eigenvalue weighted by Crippen LogP contribution is -2.15. The first-order valence-electron chi connectivity index (χ1n) is 9.63. The van der Waals surface area contributed by atoms with Crippen molar-refractivity contribution in [3.63, 3.8) is 0 Å². The molecule has 0 bridgehead atoms. The molecule has 1 aromatic heterocycles. The molecule has 160 valence electrons. The Bertz CT molecular complexity index is 1090. The highest BCUT2D eigenvalue weighted by molar-refractivity contribution is 5.99. The maximum absolute atomic E-state index is 13.4. The van der Waals surface area contributed by atoms with Crippen LogP contribution in [0.4, 0.5) is 26.0 Å². The Balaban J connectivity index is 1.79. The van der Waals surface area contributed by atoms with Gasteiger partial charge in [0.15, 0.2) is 5.78 Å². The first-order chi connectivity index (χ1) is 14.7. The fourth-order valence-corrected chi connectivity index (χ4v) is 2.98. The van der Waals surface area contributed by atoms with Gasteiger partial charge in [-0.25, -0.2) is 13.8 Å². The number of primary amides is 1. The lowest BCUT2D eigenvalue weighted by molar-refractivity contribution is 0.0938.